The summed E-state index contributed by atoms with van der Waals surface area (Å²) in [6.45, 7) is 2.02. The average Bonchev–Trinajstić information content (AvgIpc) is 3.38. The van der Waals surface area contributed by atoms with Crippen LogP contribution in [0.5, 0.6) is 5.75 Å². The summed E-state index contributed by atoms with van der Waals surface area (Å²) in [7, 11) is 0. The molecule has 2 atom stereocenters. The Morgan fingerprint density at radius 1 is 1.04 bits per heavy atom. The lowest BCUT2D eigenvalue weighted by Gasteiger charge is -2.18. The third kappa shape index (κ3) is 4.01. The first-order chi connectivity index (χ1) is 13.2. The molecule has 2 fully saturated rings. The maximum Gasteiger partial charge on any atom is 0.254 e. The number of hydrogen-bond acceptors (Lipinski definition) is 3. The summed E-state index contributed by atoms with van der Waals surface area (Å²) in [5.41, 5.74) is 7.99. The van der Waals surface area contributed by atoms with Gasteiger partial charge in [0.15, 0.2) is 0 Å². The van der Waals surface area contributed by atoms with Gasteiger partial charge in [0.2, 0.25) is 0 Å². The Labute approximate surface area is 161 Å². The predicted octanol–water partition coefficient (Wildman–Crippen LogP) is 3.82. The van der Waals surface area contributed by atoms with Gasteiger partial charge < -0.3 is 15.4 Å². The summed E-state index contributed by atoms with van der Waals surface area (Å²) in [4.78, 5) is 15.1. The molecule has 4 rings (SSSR count). The largest absolute Gasteiger partial charge is 0.490 e. The lowest BCUT2D eigenvalue weighted by atomic mass is 9.89. The fourth-order valence-electron chi connectivity index (χ4n) is 4.44. The summed E-state index contributed by atoms with van der Waals surface area (Å²) in [5.74, 6) is 1.48. The maximum absolute atomic E-state index is 13.1. The van der Waals surface area contributed by atoms with E-state index in [2.05, 4.69) is 24.3 Å². The number of amides is 1. The van der Waals surface area contributed by atoms with E-state index in [0.29, 0.717) is 36.6 Å². The quantitative estimate of drug-likeness (QED) is 0.877. The van der Waals surface area contributed by atoms with Crippen LogP contribution in [0.4, 0.5) is 0 Å². The van der Waals surface area contributed by atoms with Crippen molar-refractivity contribution >= 4 is 5.91 Å². The first-order valence-corrected chi connectivity index (χ1v) is 10.1. The van der Waals surface area contributed by atoms with Crippen molar-refractivity contribution in [3.05, 3.63) is 65.7 Å². The first kappa shape index (κ1) is 18.1. The van der Waals surface area contributed by atoms with Crippen molar-refractivity contribution in [3.8, 4) is 5.75 Å². The van der Waals surface area contributed by atoms with Crippen LogP contribution in [-0.2, 0) is 0 Å². The van der Waals surface area contributed by atoms with E-state index >= 15 is 0 Å². The summed E-state index contributed by atoms with van der Waals surface area (Å²) in [5, 5.41) is 0. The number of ether oxygens (including phenoxy) is 1. The predicted molar refractivity (Wildman–Crippen MR) is 107 cm³/mol. The molecule has 2 aromatic rings. The number of carbonyl (C=O) groups is 1. The van der Waals surface area contributed by atoms with E-state index in [1.165, 1.54) is 18.4 Å². The molecule has 1 aliphatic carbocycles. The van der Waals surface area contributed by atoms with Crippen molar-refractivity contribution in [2.75, 3.05) is 19.6 Å². The minimum atomic E-state index is 0.0729. The second-order valence-corrected chi connectivity index (χ2v) is 7.78. The maximum atomic E-state index is 13.1. The van der Waals surface area contributed by atoms with Gasteiger partial charge in [-0.2, -0.15) is 0 Å². The van der Waals surface area contributed by atoms with Crippen LogP contribution >= 0.6 is 0 Å². The molecule has 1 heterocycles. The van der Waals surface area contributed by atoms with Crippen LogP contribution in [0, 0.1) is 5.92 Å². The molecule has 0 radical (unpaired) electrons. The summed E-state index contributed by atoms with van der Waals surface area (Å²) in [6, 6.07) is 18.1. The molecule has 1 aliphatic heterocycles. The lowest BCUT2D eigenvalue weighted by molar-refractivity contribution is 0.0785. The second-order valence-electron chi connectivity index (χ2n) is 7.78. The number of hydrogen-bond donors (Lipinski definition) is 1. The van der Waals surface area contributed by atoms with Gasteiger partial charge in [0.05, 0.1) is 6.10 Å². The zero-order chi connectivity index (χ0) is 18.6. The van der Waals surface area contributed by atoms with Crippen molar-refractivity contribution < 1.29 is 9.53 Å². The Morgan fingerprint density at radius 3 is 2.56 bits per heavy atom. The Bertz CT molecular complexity index is 771. The molecule has 2 aliphatic rings. The molecule has 2 aromatic carbocycles. The smallest absolute Gasteiger partial charge is 0.254 e. The van der Waals surface area contributed by atoms with Crippen LogP contribution in [0.25, 0.3) is 0 Å². The lowest BCUT2D eigenvalue weighted by Crippen LogP contribution is -2.29. The van der Waals surface area contributed by atoms with Gasteiger partial charge in [-0.25, -0.2) is 0 Å². The van der Waals surface area contributed by atoms with Crippen LogP contribution in [0.2, 0.25) is 0 Å². The molecule has 4 heteroatoms. The Hall–Kier alpha value is -2.33. The average molecular weight is 364 g/mol. The molecule has 1 saturated carbocycles. The molecule has 1 amide bonds. The number of benzene rings is 2. The van der Waals surface area contributed by atoms with Crippen molar-refractivity contribution in [1.82, 2.24) is 4.90 Å². The van der Waals surface area contributed by atoms with E-state index in [-0.39, 0.29) is 5.91 Å². The van der Waals surface area contributed by atoms with Crippen LogP contribution in [0.1, 0.15) is 47.5 Å². The number of rotatable bonds is 5. The van der Waals surface area contributed by atoms with Crippen LogP contribution in [0.15, 0.2) is 54.6 Å². The Balaban J connectivity index is 1.48. The highest BCUT2D eigenvalue weighted by Gasteiger charge is 2.35. The number of nitrogens with two attached hydrogens (primary N) is 1. The van der Waals surface area contributed by atoms with Gasteiger partial charge in [0.25, 0.3) is 5.91 Å². The van der Waals surface area contributed by atoms with E-state index in [4.69, 9.17) is 10.5 Å². The monoisotopic (exact) mass is 364 g/mol. The van der Waals surface area contributed by atoms with Crippen LogP contribution in [-0.4, -0.2) is 36.5 Å². The minimum Gasteiger partial charge on any atom is -0.490 e. The molecule has 0 unspecified atom stereocenters. The zero-order valence-electron chi connectivity index (χ0n) is 15.7. The van der Waals surface area contributed by atoms with Crippen molar-refractivity contribution in [3.63, 3.8) is 0 Å². The highest BCUT2D eigenvalue weighted by atomic mass is 16.5. The van der Waals surface area contributed by atoms with E-state index < -0.39 is 0 Å². The summed E-state index contributed by atoms with van der Waals surface area (Å²) < 4.78 is 6.07. The first-order valence-electron chi connectivity index (χ1n) is 10.1. The molecule has 142 valence electrons. The third-order valence-electron chi connectivity index (χ3n) is 5.94. The molecule has 0 aromatic heterocycles. The Kier molecular flexibility index (Phi) is 5.44. The van der Waals surface area contributed by atoms with Crippen molar-refractivity contribution in [2.24, 2.45) is 11.7 Å². The molecular weight excluding hydrogens is 336 g/mol. The standard InChI is InChI=1S/C23H28N2O2/c24-14-19-15-25(16-22(19)17-7-2-1-3-8-17)23(26)18-9-6-12-21(13-18)27-20-10-4-5-11-20/h1-3,6-9,12-13,19-20,22H,4-5,10-11,14-16,24H2/t19-,22+/m1/s1. The number of likely N-dealkylation sites (tertiary alicyclic amines) is 1. The molecule has 27 heavy (non-hydrogen) atoms. The van der Waals surface area contributed by atoms with Crippen molar-refractivity contribution in [1.29, 1.82) is 0 Å². The summed E-state index contributed by atoms with van der Waals surface area (Å²) in [6.07, 6.45) is 4.99. The van der Waals surface area contributed by atoms with E-state index in [1.807, 2.05) is 35.2 Å². The zero-order valence-corrected chi connectivity index (χ0v) is 15.7. The van der Waals surface area contributed by atoms with Gasteiger partial charge in [-0.15, -0.1) is 0 Å². The minimum absolute atomic E-state index is 0.0729. The van der Waals surface area contributed by atoms with Gasteiger partial charge in [-0.05, 0) is 61.9 Å². The van der Waals surface area contributed by atoms with Gasteiger partial charge in [0, 0.05) is 24.6 Å². The van der Waals surface area contributed by atoms with Crippen LogP contribution < -0.4 is 10.5 Å². The van der Waals surface area contributed by atoms with Gasteiger partial charge >= 0.3 is 0 Å². The normalized spacial score (nSPS) is 22.9. The Morgan fingerprint density at radius 2 is 1.81 bits per heavy atom. The van der Waals surface area contributed by atoms with E-state index in [0.717, 1.165) is 25.1 Å². The number of nitrogens with zero attached hydrogens (tertiary/aromatic N) is 1. The molecule has 1 saturated heterocycles. The molecular formula is C23H28N2O2. The highest BCUT2D eigenvalue weighted by molar-refractivity contribution is 5.94. The van der Waals surface area contributed by atoms with E-state index in [9.17, 15) is 4.79 Å². The topological polar surface area (TPSA) is 55.6 Å². The second kappa shape index (κ2) is 8.13. The molecule has 0 spiro atoms. The third-order valence-corrected chi connectivity index (χ3v) is 5.94. The van der Waals surface area contributed by atoms with Gasteiger partial charge in [-0.3, -0.25) is 4.79 Å². The summed E-state index contributed by atoms with van der Waals surface area (Å²) >= 11 is 0. The highest BCUT2D eigenvalue weighted by Crippen LogP contribution is 2.33. The van der Waals surface area contributed by atoms with Crippen molar-refractivity contribution in [2.45, 2.75) is 37.7 Å². The van der Waals surface area contributed by atoms with Crippen LogP contribution in [0.3, 0.4) is 0 Å². The number of carbonyl (C=O) groups excluding carboxylic acids is 1. The van der Waals surface area contributed by atoms with Gasteiger partial charge in [-0.1, -0.05) is 36.4 Å². The van der Waals surface area contributed by atoms with E-state index in [1.54, 1.807) is 0 Å². The van der Waals surface area contributed by atoms with Gasteiger partial charge in [0.1, 0.15) is 5.75 Å². The molecule has 2 N–H and O–H groups in total. The fourth-order valence-corrected chi connectivity index (χ4v) is 4.44. The fraction of sp³-hybridized carbons (Fsp3) is 0.435. The molecule has 4 nitrogen and oxygen atoms in total. The molecule has 0 bridgehead atoms. The SMILES string of the molecule is NC[C@@H]1CN(C(=O)c2cccc(OC3CCCC3)c2)C[C@H]1c1ccccc1.